The molecule has 6 heteroatoms. The van der Waals surface area contributed by atoms with Gasteiger partial charge in [-0.1, -0.05) is 34.1 Å². The second-order valence-corrected chi connectivity index (χ2v) is 5.18. The third-order valence-corrected chi connectivity index (χ3v) is 3.30. The number of nitrogens with one attached hydrogen (secondary N) is 1. The summed E-state index contributed by atoms with van der Waals surface area (Å²) in [5.74, 6) is -0.268. The second-order valence-electron chi connectivity index (χ2n) is 4.26. The van der Waals surface area contributed by atoms with Gasteiger partial charge in [0.25, 0.3) is 5.69 Å². The van der Waals surface area contributed by atoms with Gasteiger partial charge in [0.1, 0.15) is 5.82 Å². The van der Waals surface area contributed by atoms with Gasteiger partial charge in [-0.3, -0.25) is 10.1 Å². The molecule has 0 aromatic heterocycles. The average molecular weight is 339 g/mol. The molecule has 0 saturated carbocycles. The van der Waals surface area contributed by atoms with E-state index < -0.39 is 4.92 Å². The van der Waals surface area contributed by atoms with Crippen molar-refractivity contribution < 1.29 is 9.31 Å². The van der Waals surface area contributed by atoms with Crippen molar-refractivity contribution in [1.82, 2.24) is 5.32 Å². The largest absolute Gasteiger partial charge is 0.309 e. The molecule has 2 aromatic carbocycles. The van der Waals surface area contributed by atoms with Crippen LogP contribution < -0.4 is 5.32 Å². The number of rotatable bonds is 5. The van der Waals surface area contributed by atoms with Crippen LogP contribution in [0.4, 0.5) is 10.1 Å². The molecule has 0 radical (unpaired) electrons. The first-order valence-electron chi connectivity index (χ1n) is 5.94. The van der Waals surface area contributed by atoms with Crippen molar-refractivity contribution >= 4 is 21.6 Å². The molecule has 0 spiro atoms. The zero-order valence-corrected chi connectivity index (χ0v) is 12.1. The standard InChI is InChI=1S/C14H12BrFN2O2/c15-12-4-3-11(14(16)7-12)9-17-8-10-1-5-13(6-2-10)18(19)20/h1-7,17H,8-9H2. The monoisotopic (exact) mass is 338 g/mol. The van der Waals surface area contributed by atoms with Crippen molar-refractivity contribution in [3.05, 3.63) is 74.0 Å². The Labute approximate surface area is 123 Å². The second kappa shape index (κ2) is 6.58. The Morgan fingerprint density at radius 1 is 1.15 bits per heavy atom. The summed E-state index contributed by atoms with van der Waals surface area (Å²) in [7, 11) is 0. The first-order chi connectivity index (χ1) is 9.56. The van der Waals surface area contributed by atoms with E-state index in [-0.39, 0.29) is 11.5 Å². The maximum Gasteiger partial charge on any atom is 0.269 e. The van der Waals surface area contributed by atoms with Crippen molar-refractivity contribution in [2.75, 3.05) is 0 Å². The number of hydrogen-bond acceptors (Lipinski definition) is 3. The Bertz CT molecular complexity index is 617. The van der Waals surface area contributed by atoms with Gasteiger partial charge in [-0.05, 0) is 17.7 Å². The summed E-state index contributed by atoms with van der Waals surface area (Å²) >= 11 is 3.20. The van der Waals surface area contributed by atoms with E-state index in [2.05, 4.69) is 21.2 Å². The van der Waals surface area contributed by atoms with Gasteiger partial charge in [-0.25, -0.2) is 4.39 Å². The first kappa shape index (κ1) is 14.6. The van der Waals surface area contributed by atoms with Crippen molar-refractivity contribution in [2.24, 2.45) is 0 Å². The maximum atomic E-state index is 13.6. The van der Waals surface area contributed by atoms with E-state index in [1.165, 1.54) is 18.2 Å². The summed E-state index contributed by atoms with van der Waals surface area (Å²) < 4.78 is 14.3. The first-order valence-corrected chi connectivity index (χ1v) is 6.73. The normalized spacial score (nSPS) is 10.5. The topological polar surface area (TPSA) is 55.2 Å². The van der Waals surface area contributed by atoms with E-state index in [9.17, 15) is 14.5 Å². The summed E-state index contributed by atoms with van der Waals surface area (Å²) in [6, 6.07) is 11.2. The highest BCUT2D eigenvalue weighted by Crippen LogP contribution is 2.15. The van der Waals surface area contributed by atoms with E-state index in [1.807, 2.05) is 0 Å². The number of hydrogen-bond donors (Lipinski definition) is 1. The van der Waals surface area contributed by atoms with Gasteiger partial charge in [0, 0.05) is 35.3 Å². The third-order valence-electron chi connectivity index (χ3n) is 2.81. The highest BCUT2D eigenvalue weighted by atomic mass is 79.9. The summed E-state index contributed by atoms with van der Waals surface area (Å²) in [5, 5.41) is 13.6. The van der Waals surface area contributed by atoms with E-state index in [1.54, 1.807) is 24.3 Å². The van der Waals surface area contributed by atoms with Crippen LogP contribution in [0, 0.1) is 15.9 Å². The number of nitro benzene ring substituents is 1. The number of benzene rings is 2. The Morgan fingerprint density at radius 2 is 1.85 bits per heavy atom. The molecule has 0 aliphatic rings. The van der Waals surface area contributed by atoms with Crippen LogP contribution in [0.2, 0.25) is 0 Å². The molecule has 4 nitrogen and oxygen atoms in total. The smallest absolute Gasteiger partial charge is 0.269 e. The van der Waals surface area contributed by atoms with Crippen molar-refractivity contribution in [1.29, 1.82) is 0 Å². The van der Waals surface area contributed by atoms with Crippen LogP contribution in [-0.2, 0) is 13.1 Å². The molecular weight excluding hydrogens is 327 g/mol. The molecule has 0 aliphatic carbocycles. The molecule has 2 rings (SSSR count). The lowest BCUT2D eigenvalue weighted by Crippen LogP contribution is -2.13. The van der Waals surface area contributed by atoms with Gasteiger partial charge in [0.15, 0.2) is 0 Å². The summed E-state index contributed by atoms with van der Waals surface area (Å²) in [4.78, 5) is 10.1. The predicted molar refractivity (Wildman–Crippen MR) is 77.7 cm³/mol. The van der Waals surface area contributed by atoms with Gasteiger partial charge >= 0.3 is 0 Å². The fourth-order valence-electron chi connectivity index (χ4n) is 1.74. The van der Waals surface area contributed by atoms with E-state index in [0.29, 0.717) is 23.1 Å². The summed E-state index contributed by atoms with van der Waals surface area (Å²) in [5.41, 5.74) is 1.55. The van der Waals surface area contributed by atoms with Crippen molar-refractivity contribution in [3.63, 3.8) is 0 Å². The molecule has 0 bridgehead atoms. The van der Waals surface area contributed by atoms with Gasteiger partial charge in [0.2, 0.25) is 0 Å². The minimum Gasteiger partial charge on any atom is -0.309 e. The summed E-state index contributed by atoms with van der Waals surface area (Å²) in [6.45, 7) is 0.920. The Kier molecular flexibility index (Phi) is 4.81. The van der Waals surface area contributed by atoms with Gasteiger partial charge in [-0.15, -0.1) is 0 Å². The highest BCUT2D eigenvalue weighted by molar-refractivity contribution is 9.10. The van der Waals surface area contributed by atoms with Crippen LogP contribution in [-0.4, -0.2) is 4.92 Å². The molecule has 0 fully saturated rings. The van der Waals surface area contributed by atoms with Crippen LogP contribution >= 0.6 is 15.9 Å². The molecule has 0 aliphatic heterocycles. The summed E-state index contributed by atoms with van der Waals surface area (Å²) in [6.07, 6.45) is 0. The minimum absolute atomic E-state index is 0.0627. The van der Waals surface area contributed by atoms with Crippen LogP contribution in [0.1, 0.15) is 11.1 Å². The van der Waals surface area contributed by atoms with Gasteiger partial charge in [-0.2, -0.15) is 0 Å². The molecule has 0 heterocycles. The molecule has 0 amide bonds. The third kappa shape index (κ3) is 3.85. The van der Waals surface area contributed by atoms with E-state index >= 15 is 0 Å². The van der Waals surface area contributed by atoms with Crippen molar-refractivity contribution in [3.8, 4) is 0 Å². The fourth-order valence-corrected chi connectivity index (χ4v) is 2.08. The Hall–Kier alpha value is -1.79. The molecule has 0 saturated heterocycles. The lowest BCUT2D eigenvalue weighted by Gasteiger charge is -2.06. The number of nitro groups is 1. The predicted octanol–water partition coefficient (Wildman–Crippen LogP) is 3.79. The van der Waals surface area contributed by atoms with Gasteiger partial charge < -0.3 is 5.32 Å². The molecule has 1 N–H and O–H groups in total. The maximum absolute atomic E-state index is 13.6. The molecular formula is C14H12BrFN2O2. The fraction of sp³-hybridized carbons (Fsp3) is 0.143. The van der Waals surface area contributed by atoms with Crippen LogP contribution in [0.5, 0.6) is 0 Å². The average Bonchev–Trinajstić information content (AvgIpc) is 2.42. The van der Waals surface area contributed by atoms with Crippen LogP contribution in [0.3, 0.4) is 0 Å². The molecule has 2 aromatic rings. The highest BCUT2D eigenvalue weighted by Gasteiger charge is 2.05. The van der Waals surface area contributed by atoms with Crippen LogP contribution in [0.25, 0.3) is 0 Å². The minimum atomic E-state index is -0.436. The Morgan fingerprint density at radius 3 is 2.45 bits per heavy atom. The molecule has 104 valence electrons. The lowest BCUT2D eigenvalue weighted by molar-refractivity contribution is -0.384. The SMILES string of the molecule is O=[N+]([O-])c1ccc(CNCc2ccc(Br)cc2F)cc1. The number of non-ortho nitro benzene ring substituents is 1. The lowest BCUT2D eigenvalue weighted by atomic mass is 10.2. The van der Waals surface area contributed by atoms with Gasteiger partial charge in [0.05, 0.1) is 4.92 Å². The number of halogens is 2. The number of nitrogens with zero attached hydrogens (tertiary/aromatic N) is 1. The van der Waals surface area contributed by atoms with E-state index in [0.717, 1.165) is 5.56 Å². The zero-order chi connectivity index (χ0) is 14.5. The molecule has 0 atom stereocenters. The Balaban J connectivity index is 1.91. The quantitative estimate of drug-likeness (QED) is 0.666. The van der Waals surface area contributed by atoms with Crippen LogP contribution in [0.15, 0.2) is 46.9 Å². The molecule has 20 heavy (non-hydrogen) atoms. The molecule has 0 unspecified atom stereocenters. The van der Waals surface area contributed by atoms with E-state index in [4.69, 9.17) is 0 Å². The van der Waals surface area contributed by atoms with Crippen molar-refractivity contribution in [2.45, 2.75) is 13.1 Å². The zero-order valence-electron chi connectivity index (χ0n) is 10.5.